The highest BCUT2D eigenvalue weighted by Crippen LogP contribution is 2.45. The van der Waals surface area contributed by atoms with Crippen LogP contribution in [0.5, 0.6) is 0 Å². The van der Waals surface area contributed by atoms with Crippen LogP contribution in [0, 0.1) is 0 Å². The lowest BCUT2D eigenvalue weighted by molar-refractivity contribution is -0.161. The van der Waals surface area contributed by atoms with Crippen LogP contribution in [0.15, 0.2) is 36.5 Å². The molecule has 0 spiro atoms. The highest BCUT2D eigenvalue weighted by Gasteiger charge is 2.30. The van der Waals surface area contributed by atoms with Gasteiger partial charge >= 0.3 is 39.5 Å². The first kappa shape index (κ1) is 93.3. The number of carbonyl (C=O) groups is 4. The van der Waals surface area contributed by atoms with Crippen LogP contribution in [-0.4, -0.2) is 96.7 Å². The average molecular weight is 1400 g/mol. The fourth-order valence-corrected chi connectivity index (χ4v) is 12.7. The fraction of sp³-hybridized carbons (Fsp3) is 0.870. The highest BCUT2D eigenvalue weighted by atomic mass is 31.2. The van der Waals surface area contributed by atoms with Gasteiger partial charge < -0.3 is 33.8 Å². The Hall–Kier alpha value is -2.72. The minimum absolute atomic E-state index is 0.0858. The summed E-state index contributed by atoms with van der Waals surface area (Å²) in [7, 11) is -9.93. The number of hydrogen-bond acceptors (Lipinski definition) is 15. The Kier molecular flexibility index (Phi) is 68.7. The predicted octanol–water partition coefficient (Wildman–Crippen LogP) is 22.3. The van der Waals surface area contributed by atoms with Gasteiger partial charge in [-0.15, -0.1) is 0 Å². The van der Waals surface area contributed by atoms with Crippen molar-refractivity contribution < 1.29 is 80.2 Å². The molecule has 96 heavy (non-hydrogen) atoms. The number of phosphoric acid groups is 2. The molecule has 0 aliphatic heterocycles. The van der Waals surface area contributed by atoms with Crippen molar-refractivity contribution in [3.63, 3.8) is 0 Å². The van der Waals surface area contributed by atoms with E-state index in [0.717, 1.165) is 128 Å². The smallest absolute Gasteiger partial charge is 0.462 e. The zero-order valence-electron chi connectivity index (χ0n) is 61.6. The molecule has 0 aliphatic carbocycles. The van der Waals surface area contributed by atoms with E-state index < -0.39 is 97.5 Å². The Morgan fingerprint density at radius 3 is 0.833 bits per heavy atom. The zero-order valence-corrected chi connectivity index (χ0v) is 63.4. The second-order valence-corrected chi connectivity index (χ2v) is 29.6. The molecule has 0 aromatic carbocycles. The van der Waals surface area contributed by atoms with Crippen LogP contribution in [0.2, 0.25) is 0 Å². The quantitative estimate of drug-likeness (QED) is 0.0169. The maximum absolute atomic E-state index is 13.1. The minimum Gasteiger partial charge on any atom is -0.462 e. The maximum atomic E-state index is 13.1. The second-order valence-electron chi connectivity index (χ2n) is 26.7. The summed E-state index contributed by atoms with van der Waals surface area (Å²) in [6, 6.07) is 0. The molecule has 0 radical (unpaired) electrons. The standard InChI is InChI=1S/C77H144O17P2/c1-5-9-13-17-21-25-29-33-35-39-41-45-49-53-57-61-74(79)87-67-72(93-76(81)63-59-55-51-47-43-37-31-27-23-19-15-11-7-3)69-91-95(83,84)89-65-71(78)66-90-96(85,86)92-70-73(94-77(82)64-60-56-52-48-44-38-32-28-24-20-16-12-8-4)68-88-75(80)62-58-54-50-46-42-40-36-34-30-26-22-18-14-10-6-2/h15,19,27-28,31-32,71-73,78H,5-14,16-18,20-26,29-30,33-70H2,1-4H3,(H,83,84)(H,85,86)/b19-15-,31-27-,32-28-. The first-order valence-corrected chi connectivity index (χ1v) is 42.2. The summed E-state index contributed by atoms with van der Waals surface area (Å²) in [4.78, 5) is 72.8. The molecule has 0 saturated heterocycles. The second kappa shape index (κ2) is 70.7. The summed E-state index contributed by atoms with van der Waals surface area (Å²) in [6.07, 6.45) is 65.5. The molecule has 0 heterocycles. The van der Waals surface area contributed by atoms with E-state index in [1.54, 1.807) is 0 Å². The molecule has 0 amide bonds. The molecule has 19 heteroatoms. The molecule has 5 atom stereocenters. The molecule has 0 bridgehead atoms. The lowest BCUT2D eigenvalue weighted by Gasteiger charge is -2.21. The van der Waals surface area contributed by atoms with Crippen LogP contribution in [-0.2, 0) is 65.4 Å². The molecule has 0 aliphatic rings. The molecule has 564 valence electrons. The summed E-state index contributed by atoms with van der Waals surface area (Å²) in [5.41, 5.74) is 0. The van der Waals surface area contributed by atoms with Gasteiger partial charge in [-0.1, -0.05) is 308 Å². The van der Waals surface area contributed by atoms with Crippen LogP contribution in [0.4, 0.5) is 0 Å². The van der Waals surface area contributed by atoms with Gasteiger partial charge in [0, 0.05) is 25.7 Å². The molecule has 0 fully saturated rings. The van der Waals surface area contributed by atoms with Crippen molar-refractivity contribution in [1.29, 1.82) is 0 Å². The fourth-order valence-electron chi connectivity index (χ4n) is 11.1. The molecule has 3 N–H and O–H groups in total. The van der Waals surface area contributed by atoms with E-state index in [1.165, 1.54) is 167 Å². The monoisotopic (exact) mass is 1400 g/mol. The van der Waals surface area contributed by atoms with Gasteiger partial charge in [-0.2, -0.15) is 0 Å². The van der Waals surface area contributed by atoms with Crippen molar-refractivity contribution in [3.8, 4) is 0 Å². The first-order chi connectivity index (χ1) is 46.7. The van der Waals surface area contributed by atoms with E-state index >= 15 is 0 Å². The van der Waals surface area contributed by atoms with Gasteiger partial charge in [0.15, 0.2) is 12.2 Å². The van der Waals surface area contributed by atoms with Crippen LogP contribution < -0.4 is 0 Å². The summed E-state index contributed by atoms with van der Waals surface area (Å²) in [6.45, 7) is 4.86. The van der Waals surface area contributed by atoms with E-state index in [4.69, 9.17) is 37.0 Å². The number of ether oxygens (including phenoxy) is 4. The van der Waals surface area contributed by atoms with Gasteiger partial charge in [0.05, 0.1) is 26.4 Å². The number of hydrogen-bond donors (Lipinski definition) is 3. The van der Waals surface area contributed by atoms with Crippen molar-refractivity contribution in [1.82, 2.24) is 0 Å². The number of esters is 4. The Morgan fingerprint density at radius 1 is 0.292 bits per heavy atom. The zero-order chi connectivity index (χ0) is 70.4. The van der Waals surface area contributed by atoms with Crippen LogP contribution in [0.3, 0.4) is 0 Å². The summed E-state index contributed by atoms with van der Waals surface area (Å²) in [5.74, 6) is -2.16. The normalized spacial score (nSPS) is 14.1. The van der Waals surface area contributed by atoms with Gasteiger partial charge in [-0.05, 0) is 77.0 Å². The van der Waals surface area contributed by atoms with E-state index in [0.29, 0.717) is 25.7 Å². The van der Waals surface area contributed by atoms with E-state index in [1.807, 2.05) is 0 Å². The van der Waals surface area contributed by atoms with Crippen molar-refractivity contribution in [2.45, 2.75) is 393 Å². The average Bonchev–Trinajstić information content (AvgIpc) is 1.15. The predicted molar refractivity (Wildman–Crippen MR) is 391 cm³/mol. The Labute approximate surface area is 585 Å². The maximum Gasteiger partial charge on any atom is 0.472 e. The number of unbranched alkanes of at least 4 members (excludes halogenated alkanes) is 43. The van der Waals surface area contributed by atoms with Gasteiger partial charge in [0.1, 0.15) is 19.3 Å². The third-order valence-corrected chi connectivity index (χ3v) is 19.0. The number of allylic oxidation sites excluding steroid dienone is 6. The Bertz CT molecular complexity index is 1970. The van der Waals surface area contributed by atoms with E-state index in [9.17, 15) is 43.2 Å². The van der Waals surface area contributed by atoms with Crippen molar-refractivity contribution in [2.24, 2.45) is 0 Å². The third kappa shape index (κ3) is 69.7. The molecule has 0 aromatic rings. The van der Waals surface area contributed by atoms with Gasteiger partial charge in [-0.3, -0.25) is 37.3 Å². The van der Waals surface area contributed by atoms with Crippen LogP contribution in [0.1, 0.15) is 374 Å². The molecule has 0 aromatic heterocycles. The largest absolute Gasteiger partial charge is 0.472 e. The van der Waals surface area contributed by atoms with Gasteiger partial charge in [0.25, 0.3) is 0 Å². The summed E-state index contributed by atoms with van der Waals surface area (Å²) < 4.78 is 68.5. The number of phosphoric ester groups is 2. The number of aliphatic hydroxyl groups is 1. The highest BCUT2D eigenvalue weighted by molar-refractivity contribution is 7.47. The number of carbonyl (C=O) groups excluding carboxylic acids is 4. The van der Waals surface area contributed by atoms with Crippen molar-refractivity contribution in [2.75, 3.05) is 39.6 Å². The lowest BCUT2D eigenvalue weighted by atomic mass is 10.0. The minimum atomic E-state index is -4.97. The van der Waals surface area contributed by atoms with Crippen molar-refractivity contribution >= 4 is 39.5 Å². The third-order valence-electron chi connectivity index (χ3n) is 17.1. The molecule has 0 rings (SSSR count). The Morgan fingerprint density at radius 2 is 0.531 bits per heavy atom. The molecule has 0 saturated carbocycles. The SMILES string of the molecule is CCC/C=C\C/C=C\CCCCCCCC(=O)OC(COC(=O)CCCCCCCCCCCCCCCCC)COP(=O)(O)OCC(O)COP(=O)(O)OCC(COC(=O)CCCCCCCCCCCCCCCCC)OC(=O)CCCCCCC/C=C\CCCCCC. The van der Waals surface area contributed by atoms with Crippen LogP contribution >= 0.6 is 15.6 Å². The van der Waals surface area contributed by atoms with Gasteiger partial charge in [0.2, 0.25) is 0 Å². The molecular weight excluding hydrogens is 1260 g/mol. The van der Waals surface area contributed by atoms with Crippen molar-refractivity contribution in [3.05, 3.63) is 36.5 Å². The number of aliphatic hydroxyl groups excluding tert-OH is 1. The molecule has 5 unspecified atom stereocenters. The van der Waals surface area contributed by atoms with E-state index in [2.05, 4.69) is 64.2 Å². The topological polar surface area (TPSA) is 237 Å². The summed E-state index contributed by atoms with van der Waals surface area (Å²) >= 11 is 0. The van der Waals surface area contributed by atoms with E-state index in [-0.39, 0.29) is 25.7 Å². The Balaban J connectivity index is 5.29. The first-order valence-electron chi connectivity index (χ1n) is 39.2. The molecular formula is C77H144O17P2. The summed E-state index contributed by atoms with van der Waals surface area (Å²) in [5, 5.41) is 10.6. The van der Waals surface area contributed by atoms with Gasteiger partial charge in [-0.25, -0.2) is 9.13 Å². The lowest BCUT2D eigenvalue weighted by Crippen LogP contribution is -2.30. The van der Waals surface area contributed by atoms with Crippen LogP contribution in [0.25, 0.3) is 0 Å². The molecule has 17 nitrogen and oxygen atoms in total. The number of rotatable bonds is 75.